The molecule has 1 unspecified atom stereocenters. The molecule has 5 heteroatoms. The van der Waals surface area contributed by atoms with Gasteiger partial charge in [0.1, 0.15) is 5.76 Å². The van der Waals surface area contributed by atoms with E-state index in [-0.39, 0.29) is 18.6 Å². The lowest BCUT2D eigenvalue weighted by atomic mass is 10.00. The smallest absolute Gasteiger partial charge is 0.224 e. The van der Waals surface area contributed by atoms with E-state index >= 15 is 0 Å². The first-order valence-corrected chi connectivity index (χ1v) is 7.39. The largest absolute Gasteiger partial charge is 0.396 e. The van der Waals surface area contributed by atoms with Crippen molar-refractivity contribution in [1.29, 1.82) is 0 Å². The average molecular weight is 282 g/mol. The lowest BCUT2D eigenvalue weighted by molar-refractivity contribution is -0.121. The fraction of sp³-hybridized carbons (Fsp3) is 0.733. The molecule has 1 aromatic heterocycles. The molecule has 114 valence electrons. The molecule has 0 aliphatic rings. The van der Waals surface area contributed by atoms with E-state index in [4.69, 9.17) is 9.63 Å². The summed E-state index contributed by atoms with van der Waals surface area (Å²) < 4.78 is 5.27. The third kappa shape index (κ3) is 4.34. The van der Waals surface area contributed by atoms with Crippen molar-refractivity contribution in [2.75, 3.05) is 6.61 Å². The minimum Gasteiger partial charge on any atom is -0.396 e. The molecule has 0 aromatic carbocycles. The molecule has 0 bridgehead atoms. The van der Waals surface area contributed by atoms with Crippen LogP contribution in [0.1, 0.15) is 51.1 Å². The minimum absolute atomic E-state index is 0.00233. The standard InChI is InChI=1S/C15H26N2O3/c1-5-12-11(14(6-2)20-17-12)9-15(19)16-13(7-8-18)10(3)4/h10,13,18H,5-9H2,1-4H3,(H,16,19). The van der Waals surface area contributed by atoms with Crippen molar-refractivity contribution in [2.24, 2.45) is 5.92 Å². The number of nitrogens with zero attached hydrogens (tertiary/aromatic N) is 1. The molecule has 1 rings (SSSR count). The van der Waals surface area contributed by atoms with Gasteiger partial charge in [-0.2, -0.15) is 0 Å². The SMILES string of the molecule is CCc1noc(CC)c1CC(=O)NC(CCO)C(C)C. The van der Waals surface area contributed by atoms with Crippen LogP contribution in [0.25, 0.3) is 0 Å². The van der Waals surface area contributed by atoms with Crippen molar-refractivity contribution in [3.05, 3.63) is 17.0 Å². The first kappa shape index (κ1) is 16.7. The lowest BCUT2D eigenvalue weighted by Gasteiger charge is -2.21. The van der Waals surface area contributed by atoms with Crippen LogP contribution in [0.2, 0.25) is 0 Å². The van der Waals surface area contributed by atoms with Gasteiger partial charge in [0.15, 0.2) is 0 Å². The first-order valence-electron chi connectivity index (χ1n) is 7.39. The molecule has 0 saturated heterocycles. The zero-order valence-electron chi connectivity index (χ0n) is 12.9. The van der Waals surface area contributed by atoms with Gasteiger partial charge in [-0.25, -0.2) is 0 Å². The molecule has 5 nitrogen and oxygen atoms in total. The Balaban J connectivity index is 2.72. The van der Waals surface area contributed by atoms with E-state index < -0.39 is 0 Å². The van der Waals surface area contributed by atoms with E-state index in [2.05, 4.69) is 10.5 Å². The van der Waals surface area contributed by atoms with Gasteiger partial charge in [-0.05, 0) is 18.8 Å². The Labute approximate surface area is 120 Å². The highest BCUT2D eigenvalue weighted by molar-refractivity contribution is 5.79. The molecule has 1 heterocycles. The summed E-state index contributed by atoms with van der Waals surface area (Å²) in [5.74, 6) is 1.05. The average Bonchev–Trinajstić information content (AvgIpc) is 2.80. The second kappa shape index (κ2) is 8.04. The number of amides is 1. The number of carbonyl (C=O) groups is 1. The van der Waals surface area contributed by atoms with Crippen LogP contribution in [0.5, 0.6) is 0 Å². The van der Waals surface area contributed by atoms with Gasteiger partial charge in [0.2, 0.25) is 5.91 Å². The van der Waals surface area contributed by atoms with Crippen LogP contribution >= 0.6 is 0 Å². The van der Waals surface area contributed by atoms with Gasteiger partial charge >= 0.3 is 0 Å². The van der Waals surface area contributed by atoms with E-state index in [1.165, 1.54) is 0 Å². The van der Waals surface area contributed by atoms with Crippen LogP contribution < -0.4 is 5.32 Å². The maximum absolute atomic E-state index is 12.2. The number of aromatic nitrogens is 1. The molecule has 20 heavy (non-hydrogen) atoms. The number of hydrogen-bond donors (Lipinski definition) is 2. The molecule has 0 aliphatic heterocycles. The van der Waals surface area contributed by atoms with Crippen molar-refractivity contribution >= 4 is 5.91 Å². The van der Waals surface area contributed by atoms with E-state index in [0.717, 1.165) is 29.9 Å². The van der Waals surface area contributed by atoms with Crippen molar-refractivity contribution in [3.8, 4) is 0 Å². The van der Waals surface area contributed by atoms with Gasteiger partial charge in [-0.3, -0.25) is 4.79 Å². The molecular weight excluding hydrogens is 256 g/mol. The highest BCUT2D eigenvalue weighted by Gasteiger charge is 2.20. The van der Waals surface area contributed by atoms with E-state index in [9.17, 15) is 4.79 Å². The third-order valence-corrected chi connectivity index (χ3v) is 3.54. The Hall–Kier alpha value is -1.36. The molecule has 1 aromatic rings. The third-order valence-electron chi connectivity index (χ3n) is 3.54. The number of hydrogen-bond acceptors (Lipinski definition) is 4. The predicted molar refractivity (Wildman–Crippen MR) is 77.4 cm³/mol. The fourth-order valence-corrected chi connectivity index (χ4v) is 2.27. The van der Waals surface area contributed by atoms with Gasteiger partial charge in [0.05, 0.1) is 12.1 Å². The number of rotatable bonds is 8. The maximum atomic E-state index is 12.2. The van der Waals surface area contributed by atoms with E-state index in [1.807, 2.05) is 27.7 Å². The first-order chi connectivity index (χ1) is 9.53. The number of aryl methyl sites for hydroxylation is 2. The van der Waals surface area contributed by atoms with Crippen molar-refractivity contribution in [1.82, 2.24) is 10.5 Å². The summed E-state index contributed by atoms with van der Waals surface area (Å²) in [5, 5.41) is 16.0. The van der Waals surface area contributed by atoms with Crippen molar-refractivity contribution < 1.29 is 14.4 Å². The van der Waals surface area contributed by atoms with Crippen LogP contribution in [-0.2, 0) is 24.1 Å². The highest BCUT2D eigenvalue weighted by Crippen LogP contribution is 2.17. The van der Waals surface area contributed by atoms with Gasteiger partial charge in [-0.15, -0.1) is 0 Å². The Morgan fingerprint density at radius 1 is 1.35 bits per heavy atom. The zero-order chi connectivity index (χ0) is 15.1. The summed E-state index contributed by atoms with van der Waals surface area (Å²) in [6.07, 6.45) is 2.37. The van der Waals surface area contributed by atoms with Gasteiger partial charge in [0.25, 0.3) is 0 Å². The van der Waals surface area contributed by atoms with Crippen LogP contribution in [-0.4, -0.2) is 28.8 Å². The van der Waals surface area contributed by atoms with E-state index in [0.29, 0.717) is 18.8 Å². The Morgan fingerprint density at radius 2 is 2.05 bits per heavy atom. The summed E-state index contributed by atoms with van der Waals surface area (Å²) in [5.41, 5.74) is 1.78. The molecule has 0 fully saturated rings. The summed E-state index contributed by atoms with van der Waals surface area (Å²) in [7, 11) is 0. The van der Waals surface area contributed by atoms with Crippen LogP contribution in [0.3, 0.4) is 0 Å². The summed E-state index contributed by atoms with van der Waals surface area (Å²) in [6.45, 7) is 8.14. The molecule has 1 amide bonds. The molecule has 0 spiro atoms. The summed E-state index contributed by atoms with van der Waals surface area (Å²) >= 11 is 0. The predicted octanol–water partition coefficient (Wildman–Crippen LogP) is 1.87. The normalized spacial score (nSPS) is 12.7. The second-order valence-corrected chi connectivity index (χ2v) is 5.35. The Bertz CT molecular complexity index is 405. The van der Waals surface area contributed by atoms with E-state index in [1.54, 1.807) is 0 Å². The number of carbonyl (C=O) groups excluding carboxylic acids is 1. The zero-order valence-corrected chi connectivity index (χ0v) is 12.9. The van der Waals surface area contributed by atoms with Gasteiger partial charge in [-0.1, -0.05) is 32.9 Å². The lowest BCUT2D eigenvalue weighted by Crippen LogP contribution is -2.40. The van der Waals surface area contributed by atoms with Crippen LogP contribution in [0.4, 0.5) is 0 Å². The number of aliphatic hydroxyl groups is 1. The number of nitrogens with one attached hydrogen (secondary N) is 1. The topological polar surface area (TPSA) is 75.4 Å². The fourth-order valence-electron chi connectivity index (χ4n) is 2.27. The molecule has 1 atom stereocenters. The summed E-state index contributed by atoms with van der Waals surface area (Å²) in [6, 6.07) is 0.00233. The second-order valence-electron chi connectivity index (χ2n) is 5.35. The minimum atomic E-state index is -0.0373. The highest BCUT2D eigenvalue weighted by atomic mass is 16.5. The summed E-state index contributed by atoms with van der Waals surface area (Å²) in [4.78, 5) is 12.2. The van der Waals surface area contributed by atoms with Crippen LogP contribution in [0.15, 0.2) is 4.52 Å². The molecular formula is C15H26N2O3. The van der Waals surface area contributed by atoms with Gasteiger partial charge in [0, 0.05) is 24.6 Å². The van der Waals surface area contributed by atoms with Crippen molar-refractivity contribution in [3.63, 3.8) is 0 Å². The molecule has 0 saturated carbocycles. The van der Waals surface area contributed by atoms with Crippen molar-refractivity contribution in [2.45, 2.75) is 59.4 Å². The Kier molecular flexibility index (Phi) is 6.71. The Morgan fingerprint density at radius 3 is 2.55 bits per heavy atom. The number of aliphatic hydroxyl groups excluding tert-OH is 1. The molecule has 0 radical (unpaired) electrons. The van der Waals surface area contributed by atoms with Crippen LogP contribution in [0, 0.1) is 5.92 Å². The maximum Gasteiger partial charge on any atom is 0.224 e. The molecule has 0 aliphatic carbocycles. The quantitative estimate of drug-likeness (QED) is 0.763. The monoisotopic (exact) mass is 282 g/mol. The van der Waals surface area contributed by atoms with Gasteiger partial charge < -0.3 is 14.9 Å². The molecule has 2 N–H and O–H groups in total.